The van der Waals surface area contributed by atoms with Gasteiger partial charge in [-0.15, -0.1) is 0 Å². The third-order valence-corrected chi connectivity index (χ3v) is 3.57. The lowest BCUT2D eigenvalue weighted by atomic mass is 10.0. The van der Waals surface area contributed by atoms with Gasteiger partial charge in [-0.2, -0.15) is 0 Å². The summed E-state index contributed by atoms with van der Waals surface area (Å²) >= 11 is 0. The van der Waals surface area contributed by atoms with Gasteiger partial charge in [0, 0.05) is 24.7 Å². The molecule has 20 heavy (non-hydrogen) atoms. The highest BCUT2D eigenvalue weighted by Crippen LogP contribution is 2.19. The highest BCUT2D eigenvalue weighted by atomic mass is 16.6. The topological polar surface area (TPSA) is 76.4 Å². The number of nitrogens with two attached hydrogens (primary N) is 1. The molecule has 1 fully saturated rings. The van der Waals surface area contributed by atoms with Crippen LogP contribution in [0, 0.1) is 0 Å². The minimum Gasteiger partial charge on any atom is -0.444 e. The van der Waals surface area contributed by atoms with Crippen LogP contribution >= 0.6 is 0 Å². The molecule has 1 rings (SSSR count). The Bertz CT molecular complexity index is 302. The van der Waals surface area contributed by atoms with Gasteiger partial charge in [0.15, 0.2) is 0 Å². The second-order valence-electron chi connectivity index (χ2n) is 6.80. The molecule has 0 saturated heterocycles. The van der Waals surface area contributed by atoms with Gasteiger partial charge in [-0.05, 0) is 40.5 Å². The first-order chi connectivity index (χ1) is 9.31. The van der Waals surface area contributed by atoms with E-state index in [4.69, 9.17) is 10.5 Å². The predicted molar refractivity (Wildman–Crippen MR) is 81.7 cm³/mol. The van der Waals surface area contributed by atoms with Crippen molar-refractivity contribution < 1.29 is 9.53 Å². The molecule has 0 heterocycles. The molecule has 3 atom stereocenters. The van der Waals surface area contributed by atoms with Crippen LogP contribution in [0.15, 0.2) is 0 Å². The molecule has 3 unspecified atom stereocenters. The molecule has 4 N–H and O–H groups in total. The number of hydrogen-bond acceptors (Lipinski definition) is 4. The van der Waals surface area contributed by atoms with Gasteiger partial charge in [0.05, 0.1) is 0 Å². The first kappa shape index (κ1) is 17.2. The molecule has 0 bridgehead atoms. The van der Waals surface area contributed by atoms with E-state index in [1.807, 2.05) is 20.8 Å². The molecule has 0 aromatic carbocycles. The monoisotopic (exact) mass is 285 g/mol. The van der Waals surface area contributed by atoms with E-state index in [0.717, 1.165) is 19.3 Å². The lowest BCUT2D eigenvalue weighted by molar-refractivity contribution is 0.0488. The smallest absolute Gasteiger partial charge is 0.407 e. The van der Waals surface area contributed by atoms with Crippen LogP contribution in [0.25, 0.3) is 0 Å². The Hall–Kier alpha value is -0.810. The van der Waals surface area contributed by atoms with E-state index in [0.29, 0.717) is 6.54 Å². The number of carbonyl (C=O) groups excluding carboxylic acids is 1. The van der Waals surface area contributed by atoms with Gasteiger partial charge < -0.3 is 21.1 Å². The Morgan fingerprint density at radius 2 is 1.85 bits per heavy atom. The van der Waals surface area contributed by atoms with Crippen molar-refractivity contribution in [1.82, 2.24) is 10.6 Å². The van der Waals surface area contributed by atoms with Crippen LogP contribution in [0.3, 0.4) is 0 Å². The second-order valence-corrected chi connectivity index (χ2v) is 6.80. The van der Waals surface area contributed by atoms with E-state index in [1.165, 1.54) is 12.8 Å². The molecule has 0 aromatic rings. The van der Waals surface area contributed by atoms with Gasteiger partial charge >= 0.3 is 6.09 Å². The van der Waals surface area contributed by atoms with Crippen molar-refractivity contribution in [3.63, 3.8) is 0 Å². The zero-order valence-corrected chi connectivity index (χ0v) is 13.4. The summed E-state index contributed by atoms with van der Waals surface area (Å²) in [6.07, 6.45) is 5.31. The zero-order valence-electron chi connectivity index (χ0n) is 13.4. The standard InChI is InChI=1S/C15H31N3O2/c1-11(10-16)17-12-8-6-5-7-9-13(12)18-14(19)20-15(2,3)4/h11-13,17H,5-10,16H2,1-4H3,(H,18,19). The average molecular weight is 285 g/mol. The van der Waals surface area contributed by atoms with Crippen molar-refractivity contribution in [2.75, 3.05) is 6.54 Å². The van der Waals surface area contributed by atoms with Crippen LogP contribution in [-0.2, 0) is 4.74 Å². The summed E-state index contributed by atoms with van der Waals surface area (Å²) in [4.78, 5) is 12.0. The summed E-state index contributed by atoms with van der Waals surface area (Å²) in [5.74, 6) is 0. The normalized spacial score (nSPS) is 25.6. The summed E-state index contributed by atoms with van der Waals surface area (Å²) in [5.41, 5.74) is 5.23. The first-order valence-electron chi connectivity index (χ1n) is 7.77. The van der Waals surface area contributed by atoms with Gasteiger partial charge in [0.2, 0.25) is 0 Å². The average Bonchev–Trinajstić information content (AvgIpc) is 2.53. The van der Waals surface area contributed by atoms with E-state index in [-0.39, 0.29) is 24.2 Å². The highest BCUT2D eigenvalue weighted by molar-refractivity contribution is 5.68. The Morgan fingerprint density at radius 1 is 1.25 bits per heavy atom. The maximum Gasteiger partial charge on any atom is 0.407 e. The van der Waals surface area contributed by atoms with Crippen LogP contribution in [0.5, 0.6) is 0 Å². The Morgan fingerprint density at radius 3 is 2.40 bits per heavy atom. The van der Waals surface area contributed by atoms with E-state index in [2.05, 4.69) is 17.6 Å². The second kappa shape index (κ2) is 7.84. The molecule has 1 aliphatic rings. The summed E-state index contributed by atoms with van der Waals surface area (Å²) < 4.78 is 5.36. The number of alkyl carbamates (subject to hydrolysis) is 1. The molecule has 1 amide bonds. The van der Waals surface area contributed by atoms with Crippen molar-refractivity contribution in [2.24, 2.45) is 5.73 Å². The van der Waals surface area contributed by atoms with Crippen molar-refractivity contribution in [3.8, 4) is 0 Å². The molecular formula is C15H31N3O2. The lowest BCUT2D eigenvalue weighted by Crippen LogP contribution is -2.53. The molecule has 1 saturated carbocycles. The quantitative estimate of drug-likeness (QED) is 0.692. The van der Waals surface area contributed by atoms with Gasteiger partial charge in [-0.1, -0.05) is 19.3 Å². The number of nitrogens with one attached hydrogen (secondary N) is 2. The van der Waals surface area contributed by atoms with Crippen molar-refractivity contribution in [1.29, 1.82) is 0 Å². The fourth-order valence-electron chi connectivity index (χ4n) is 2.57. The minimum atomic E-state index is -0.456. The Kier molecular flexibility index (Phi) is 6.76. The molecular weight excluding hydrogens is 254 g/mol. The predicted octanol–water partition coefficient (Wildman–Crippen LogP) is 2.15. The summed E-state index contributed by atoms with van der Waals surface area (Å²) in [6, 6.07) is 0.672. The molecule has 0 aliphatic heterocycles. The fourth-order valence-corrected chi connectivity index (χ4v) is 2.57. The van der Waals surface area contributed by atoms with Crippen LogP contribution in [0.4, 0.5) is 4.79 Å². The van der Waals surface area contributed by atoms with Crippen LogP contribution < -0.4 is 16.4 Å². The van der Waals surface area contributed by atoms with Crippen LogP contribution in [-0.4, -0.2) is 36.4 Å². The summed E-state index contributed by atoms with van der Waals surface area (Å²) in [7, 11) is 0. The van der Waals surface area contributed by atoms with Gasteiger partial charge in [0.25, 0.3) is 0 Å². The maximum atomic E-state index is 12.0. The number of rotatable bonds is 4. The first-order valence-corrected chi connectivity index (χ1v) is 7.77. The van der Waals surface area contributed by atoms with Gasteiger partial charge in [-0.3, -0.25) is 0 Å². The van der Waals surface area contributed by atoms with Crippen LogP contribution in [0.2, 0.25) is 0 Å². The Labute approximate surface area is 123 Å². The van der Waals surface area contributed by atoms with E-state index in [1.54, 1.807) is 0 Å². The van der Waals surface area contributed by atoms with E-state index >= 15 is 0 Å². The molecule has 0 spiro atoms. The van der Waals surface area contributed by atoms with E-state index in [9.17, 15) is 4.79 Å². The SMILES string of the molecule is CC(CN)NC1CCCCCC1NC(=O)OC(C)(C)C. The minimum absolute atomic E-state index is 0.126. The summed E-state index contributed by atoms with van der Waals surface area (Å²) in [5, 5.41) is 6.56. The number of amides is 1. The fraction of sp³-hybridized carbons (Fsp3) is 0.933. The molecule has 118 valence electrons. The van der Waals surface area contributed by atoms with Crippen molar-refractivity contribution in [2.45, 2.75) is 83.5 Å². The van der Waals surface area contributed by atoms with Crippen LogP contribution in [0.1, 0.15) is 59.8 Å². The molecule has 5 nitrogen and oxygen atoms in total. The van der Waals surface area contributed by atoms with Gasteiger partial charge in [-0.25, -0.2) is 4.79 Å². The molecule has 0 aromatic heterocycles. The van der Waals surface area contributed by atoms with Crippen molar-refractivity contribution in [3.05, 3.63) is 0 Å². The largest absolute Gasteiger partial charge is 0.444 e. The lowest BCUT2D eigenvalue weighted by Gasteiger charge is -2.30. The molecule has 0 radical (unpaired) electrons. The Balaban J connectivity index is 2.58. The summed E-state index contributed by atoms with van der Waals surface area (Å²) in [6.45, 7) is 8.33. The number of ether oxygens (including phenoxy) is 1. The van der Waals surface area contributed by atoms with Gasteiger partial charge in [0.1, 0.15) is 5.60 Å². The number of hydrogen-bond donors (Lipinski definition) is 3. The molecule has 5 heteroatoms. The zero-order chi connectivity index (χ0) is 15.2. The highest BCUT2D eigenvalue weighted by Gasteiger charge is 2.27. The maximum absolute atomic E-state index is 12.0. The molecule has 1 aliphatic carbocycles. The third kappa shape index (κ3) is 6.57. The van der Waals surface area contributed by atoms with E-state index < -0.39 is 5.60 Å². The third-order valence-electron chi connectivity index (χ3n) is 3.57. The number of carbonyl (C=O) groups is 1. The van der Waals surface area contributed by atoms with Crippen molar-refractivity contribution >= 4 is 6.09 Å².